The number of aromatic nitrogens is 4. The summed E-state index contributed by atoms with van der Waals surface area (Å²) >= 11 is 0. The largest absolute Gasteiger partial charge is 0.357 e. The molecule has 6 heteroatoms. The minimum Gasteiger partial charge on any atom is -0.282 e. The molecule has 0 N–H and O–H groups in total. The molecule has 5 aromatic rings. The van der Waals surface area contributed by atoms with Crippen molar-refractivity contribution in [2.45, 2.75) is 39.7 Å². The van der Waals surface area contributed by atoms with Crippen molar-refractivity contribution in [1.29, 1.82) is 0 Å². The number of rotatable bonds is 4. The summed E-state index contributed by atoms with van der Waals surface area (Å²) in [5.41, 5.74) is 5.29. The maximum atomic E-state index is 14.7. The number of benzene rings is 5. The zero-order chi connectivity index (χ0) is 30.6. The molecule has 0 amide bonds. The van der Waals surface area contributed by atoms with Crippen LogP contribution in [0.3, 0.4) is 0 Å². The van der Waals surface area contributed by atoms with Gasteiger partial charge in [-0.25, -0.2) is 9.36 Å². The van der Waals surface area contributed by atoms with Crippen molar-refractivity contribution in [2.75, 3.05) is 0 Å². The van der Waals surface area contributed by atoms with Gasteiger partial charge in [-0.05, 0) is 52.6 Å². The molecule has 0 aromatic heterocycles. The molecule has 0 bridgehead atoms. The highest BCUT2D eigenvalue weighted by molar-refractivity contribution is 6.03. The second kappa shape index (κ2) is 10.4. The molecule has 0 unspecified atom stereocenters. The van der Waals surface area contributed by atoms with Crippen molar-refractivity contribution in [3.05, 3.63) is 142 Å². The molecule has 0 atom stereocenters. The van der Waals surface area contributed by atoms with Crippen LogP contribution in [0, 0.1) is 0 Å². The Morgan fingerprint density at radius 3 is 2.11 bits per heavy atom. The van der Waals surface area contributed by atoms with Gasteiger partial charge in [-0.3, -0.25) is 9.36 Å². The Bertz CT molecular complexity index is 2290. The van der Waals surface area contributed by atoms with E-state index in [9.17, 15) is 9.59 Å². The lowest BCUT2D eigenvalue weighted by Gasteiger charge is -2.24. The second-order valence-electron chi connectivity index (χ2n) is 12.1. The predicted molar refractivity (Wildman–Crippen MR) is 177 cm³/mol. The Kier molecular flexibility index (Phi) is 6.51. The highest BCUT2D eigenvalue weighted by Crippen LogP contribution is 2.36. The quantitative estimate of drug-likeness (QED) is 0.166. The molecule has 0 fully saturated rings. The molecule has 0 saturated carbocycles. The zero-order valence-electron chi connectivity index (χ0n) is 25.3. The Hall–Kier alpha value is -5.36. The van der Waals surface area contributed by atoms with Crippen molar-refractivity contribution in [3.63, 3.8) is 0 Å². The molecule has 2 aliphatic heterocycles. The average molecular weight is 578 g/mol. The van der Waals surface area contributed by atoms with Crippen molar-refractivity contribution in [1.82, 2.24) is 14.1 Å². The summed E-state index contributed by atoms with van der Waals surface area (Å²) in [6.07, 6.45) is 0. The Morgan fingerprint density at radius 2 is 1.36 bits per heavy atom. The predicted octanol–water partition coefficient (Wildman–Crippen LogP) is 7.07. The molecular weight excluding hydrogens is 544 g/mol. The Labute approximate surface area is 255 Å². The Balaban J connectivity index is 1.67. The standard InChI is InChI=1S/C38H33N4O2/c1-5-40-30-22-11-12-23-31(30)41(32-24-14-18-26-17-13-19-27(33(26)32)25-15-7-6-8-16-25)35-34(40)36(43)42(37(44)39-35)29-21-10-9-20-28(29)38(2,3)4/h6-24H,5H2,1-4H3/q+1. The van der Waals surface area contributed by atoms with Gasteiger partial charge in [0.05, 0.1) is 11.4 Å². The summed E-state index contributed by atoms with van der Waals surface area (Å²) in [5, 5.41) is 2.07. The third kappa shape index (κ3) is 4.25. The van der Waals surface area contributed by atoms with E-state index in [4.69, 9.17) is 4.98 Å². The van der Waals surface area contributed by atoms with E-state index in [0.717, 1.165) is 44.2 Å². The molecule has 0 spiro atoms. The van der Waals surface area contributed by atoms with E-state index in [-0.39, 0.29) is 11.0 Å². The van der Waals surface area contributed by atoms with Gasteiger partial charge in [0.1, 0.15) is 12.1 Å². The summed E-state index contributed by atoms with van der Waals surface area (Å²) in [6.45, 7) is 8.77. The fourth-order valence-corrected chi connectivity index (χ4v) is 6.44. The van der Waals surface area contributed by atoms with Crippen LogP contribution in [0.4, 0.5) is 0 Å². The van der Waals surface area contributed by atoms with E-state index in [1.165, 1.54) is 4.57 Å². The lowest BCUT2D eigenvalue weighted by Crippen LogP contribution is -2.48. The van der Waals surface area contributed by atoms with Gasteiger partial charge < -0.3 is 0 Å². The fraction of sp³-hybridized carbons (Fsp3) is 0.158. The molecule has 0 radical (unpaired) electrons. The van der Waals surface area contributed by atoms with Gasteiger partial charge in [0.15, 0.2) is 0 Å². The van der Waals surface area contributed by atoms with Gasteiger partial charge in [0, 0.05) is 11.5 Å². The van der Waals surface area contributed by atoms with E-state index >= 15 is 0 Å². The van der Waals surface area contributed by atoms with Crippen LogP contribution in [0.1, 0.15) is 33.3 Å². The van der Waals surface area contributed by atoms with Crippen LogP contribution < -0.4 is 15.8 Å². The molecule has 2 aliphatic rings. The van der Waals surface area contributed by atoms with Gasteiger partial charge >= 0.3 is 16.9 Å². The summed E-state index contributed by atoms with van der Waals surface area (Å²) in [5.74, 6) is 0.334. The second-order valence-corrected chi connectivity index (χ2v) is 12.1. The first-order valence-electron chi connectivity index (χ1n) is 15.0. The van der Waals surface area contributed by atoms with Crippen LogP contribution >= 0.6 is 0 Å². The number of hydrogen-bond acceptors (Lipinski definition) is 3. The molecular formula is C38H33N4O2+. The third-order valence-electron chi connectivity index (χ3n) is 8.38. The van der Waals surface area contributed by atoms with Gasteiger partial charge in [-0.2, -0.15) is 9.55 Å². The van der Waals surface area contributed by atoms with Crippen LogP contribution in [-0.4, -0.2) is 14.1 Å². The lowest BCUT2D eigenvalue weighted by molar-refractivity contribution is -0.658. The first-order valence-corrected chi connectivity index (χ1v) is 15.0. The highest BCUT2D eigenvalue weighted by atomic mass is 16.2. The average Bonchev–Trinajstić information content (AvgIpc) is 3.03. The van der Waals surface area contributed by atoms with Crippen LogP contribution in [0.25, 0.3) is 55.8 Å². The van der Waals surface area contributed by atoms with Crippen LogP contribution in [-0.2, 0) is 12.0 Å². The van der Waals surface area contributed by atoms with E-state index in [0.29, 0.717) is 23.8 Å². The number of aryl methyl sites for hydroxylation is 1. The number of fused-ring (bicyclic) bond motifs is 3. The third-order valence-corrected chi connectivity index (χ3v) is 8.38. The molecule has 2 heterocycles. The van der Waals surface area contributed by atoms with E-state index in [1.807, 2.05) is 94.9 Å². The maximum Gasteiger partial charge on any atom is 0.357 e. The lowest BCUT2D eigenvalue weighted by atomic mass is 9.86. The normalized spacial score (nSPS) is 11.9. The molecule has 6 nitrogen and oxygen atoms in total. The smallest absolute Gasteiger partial charge is 0.282 e. The van der Waals surface area contributed by atoms with Gasteiger partial charge in [0.2, 0.25) is 11.3 Å². The maximum absolute atomic E-state index is 14.7. The zero-order valence-corrected chi connectivity index (χ0v) is 25.3. The monoisotopic (exact) mass is 577 g/mol. The molecule has 216 valence electrons. The molecule has 0 aliphatic carbocycles. The van der Waals surface area contributed by atoms with E-state index in [2.05, 4.69) is 57.2 Å². The fourth-order valence-electron chi connectivity index (χ4n) is 6.44. The molecule has 5 aromatic carbocycles. The Morgan fingerprint density at radius 1 is 0.705 bits per heavy atom. The van der Waals surface area contributed by atoms with Gasteiger partial charge in [-0.15, -0.1) is 0 Å². The van der Waals surface area contributed by atoms with Crippen molar-refractivity contribution >= 4 is 21.8 Å². The number of nitrogens with zero attached hydrogens (tertiary/aromatic N) is 4. The topological polar surface area (TPSA) is 60.8 Å². The van der Waals surface area contributed by atoms with Crippen molar-refractivity contribution in [3.8, 4) is 34.0 Å². The highest BCUT2D eigenvalue weighted by Gasteiger charge is 2.34. The van der Waals surface area contributed by atoms with Gasteiger partial charge in [-0.1, -0.05) is 112 Å². The van der Waals surface area contributed by atoms with Crippen molar-refractivity contribution in [2.24, 2.45) is 0 Å². The molecule has 0 saturated heterocycles. The van der Waals surface area contributed by atoms with E-state index in [1.54, 1.807) is 0 Å². The summed E-state index contributed by atoms with van der Waals surface area (Å²) in [4.78, 5) is 33.4. The van der Waals surface area contributed by atoms with Crippen LogP contribution in [0.15, 0.2) is 125 Å². The van der Waals surface area contributed by atoms with Crippen molar-refractivity contribution < 1.29 is 4.57 Å². The summed E-state index contributed by atoms with van der Waals surface area (Å²) in [6, 6.07) is 38.3. The SMILES string of the molecule is CC[n+]1c2c(=O)n(-c3ccccc3C(C)(C)C)c(=O)nc-2n(-c2cccc3cccc(-c4ccccc4)c23)c2ccccc21. The van der Waals surface area contributed by atoms with Crippen LogP contribution in [0.5, 0.6) is 0 Å². The molecule has 7 rings (SSSR count). The minimum atomic E-state index is -0.602. The van der Waals surface area contributed by atoms with E-state index < -0.39 is 5.69 Å². The number of hydrogen-bond donors (Lipinski definition) is 0. The first-order chi connectivity index (χ1) is 21.3. The number of para-hydroxylation sites is 3. The summed E-state index contributed by atoms with van der Waals surface area (Å²) < 4.78 is 5.22. The minimum absolute atomic E-state index is 0.293. The molecule has 44 heavy (non-hydrogen) atoms. The van der Waals surface area contributed by atoms with Crippen LogP contribution in [0.2, 0.25) is 0 Å². The first kappa shape index (κ1) is 27.5. The summed E-state index contributed by atoms with van der Waals surface area (Å²) in [7, 11) is 0. The van der Waals surface area contributed by atoms with Gasteiger partial charge in [0.25, 0.3) is 0 Å².